The molecular formula is C23H22F6O2. The van der Waals surface area contributed by atoms with Crippen LogP contribution in [0.25, 0.3) is 0 Å². The summed E-state index contributed by atoms with van der Waals surface area (Å²) in [5, 5.41) is 0. The molecule has 168 valence electrons. The summed E-state index contributed by atoms with van der Waals surface area (Å²) in [6.45, 7) is 0.569. The fourth-order valence-corrected chi connectivity index (χ4v) is 4.60. The van der Waals surface area contributed by atoms with E-state index in [4.69, 9.17) is 4.74 Å². The zero-order valence-corrected chi connectivity index (χ0v) is 16.7. The van der Waals surface area contributed by atoms with E-state index >= 15 is 0 Å². The van der Waals surface area contributed by atoms with Crippen LogP contribution in [0.1, 0.15) is 55.8 Å². The van der Waals surface area contributed by atoms with Gasteiger partial charge in [-0.3, -0.25) is 0 Å². The van der Waals surface area contributed by atoms with Gasteiger partial charge >= 0.3 is 6.11 Å². The predicted molar refractivity (Wildman–Crippen MR) is 101 cm³/mol. The SMILES string of the molecule is Fc1cc(C2CCC(C3CCCC3)CO2)ccc1C(F)(F)Oc1cc(F)c(F)c(F)c1. The molecule has 31 heavy (non-hydrogen) atoms. The molecule has 1 saturated heterocycles. The third-order valence-electron chi connectivity index (χ3n) is 6.26. The lowest BCUT2D eigenvalue weighted by molar-refractivity contribution is -0.187. The van der Waals surface area contributed by atoms with E-state index in [0.717, 1.165) is 18.6 Å². The van der Waals surface area contributed by atoms with E-state index in [1.165, 1.54) is 31.7 Å². The van der Waals surface area contributed by atoms with Crippen LogP contribution in [0.5, 0.6) is 5.75 Å². The van der Waals surface area contributed by atoms with Crippen molar-refractivity contribution in [1.82, 2.24) is 0 Å². The van der Waals surface area contributed by atoms with Gasteiger partial charge in [0.2, 0.25) is 0 Å². The lowest BCUT2D eigenvalue weighted by Gasteiger charge is -2.33. The molecule has 1 aliphatic heterocycles. The molecule has 2 unspecified atom stereocenters. The molecule has 1 heterocycles. The largest absolute Gasteiger partial charge is 0.429 e. The summed E-state index contributed by atoms with van der Waals surface area (Å²) in [4.78, 5) is 0. The molecule has 0 N–H and O–H groups in total. The second-order valence-electron chi connectivity index (χ2n) is 8.26. The van der Waals surface area contributed by atoms with Gasteiger partial charge < -0.3 is 9.47 Å². The molecule has 2 aromatic rings. The summed E-state index contributed by atoms with van der Waals surface area (Å²) < 4.78 is 93.1. The summed E-state index contributed by atoms with van der Waals surface area (Å²) in [6, 6.07) is 3.72. The van der Waals surface area contributed by atoms with Gasteiger partial charge in [-0.2, -0.15) is 8.78 Å². The Morgan fingerprint density at radius 1 is 0.806 bits per heavy atom. The van der Waals surface area contributed by atoms with E-state index in [1.54, 1.807) is 0 Å². The summed E-state index contributed by atoms with van der Waals surface area (Å²) >= 11 is 0. The minimum absolute atomic E-state index is 0.273. The highest BCUT2D eigenvalue weighted by molar-refractivity contribution is 5.31. The van der Waals surface area contributed by atoms with E-state index < -0.39 is 40.7 Å². The quantitative estimate of drug-likeness (QED) is 0.364. The molecule has 0 amide bonds. The van der Waals surface area contributed by atoms with Gasteiger partial charge in [-0.15, -0.1) is 0 Å². The van der Waals surface area contributed by atoms with Crippen molar-refractivity contribution in [2.24, 2.45) is 11.8 Å². The number of rotatable bonds is 5. The number of alkyl halides is 2. The van der Waals surface area contributed by atoms with E-state index in [-0.39, 0.29) is 18.2 Å². The van der Waals surface area contributed by atoms with Crippen LogP contribution in [0.2, 0.25) is 0 Å². The molecule has 8 heteroatoms. The fraction of sp³-hybridized carbons (Fsp3) is 0.478. The van der Waals surface area contributed by atoms with Gasteiger partial charge in [-0.25, -0.2) is 17.6 Å². The summed E-state index contributed by atoms with van der Waals surface area (Å²) in [5.74, 6) is -6.23. The van der Waals surface area contributed by atoms with Crippen LogP contribution in [0.3, 0.4) is 0 Å². The standard InChI is InChI=1S/C23H22F6O2/c24-18-9-14(21-8-6-15(12-30-21)13-3-1-2-4-13)5-7-17(18)23(28,29)31-16-10-19(25)22(27)20(26)11-16/h5,7,9-11,13,15,21H,1-4,6,8,12H2. The van der Waals surface area contributed by atoms with Crippen LogP contribution in [-0.4, -0.2) is 6.61 Å². The van der Waals surface area contributed by atoms with Crippen molar-refractivity contribution in [3.8, 4) is 5.75 Å². The zero-order valence-electron chi connectivity index (χ0n) is 16.7. The fourth-order valence-electron chi connectivity index (χ4n) is 4.60. The Bertz CT molecular complexity index is 911. The van der Waals surface area contributed by atoms with E-state index in [2.05, 4.69) is 4.74 Å². The highest BCUT2D eigenvalue weighted by atomic mass is 19.3. The Labute approximate surface area is 176 Å². The van der Waals surface area contributed by atoms with Crippen LogP contribution >= 0.6 is 0 Å². The molecule has 4 rings (SSSR count). The molecule has 2 aliphatic rings. The predicted octanol–water partition coefficient (Wildman–Crippen LogP) is 7.03. The van der Waals surface area contributed by atoms with Crippen molar-refractivity contribution in [3.63, 3.8) is 0 Å². The minimum Gasteiger partial charge on any atom is -0.429 e. The minimum atomic E-state index is -4.22. The first-order valence-electron chi connectivity index (χ1n) is 10.4. The highest BCUT2D eigenvalue weighted by Gasteiger charge is 2.39. The summed E-state index contributed by atoms with van der Waals surface area (Å²) in [5.41, 5.74) is -0.651. The first kappa shape index (κ1) is 22.0. The van der Waals surface area contributed by atoms with Crippen LogP contribution in [0, 0.1) is 35.1 Å². The maximum absolute atomic E-state index is 14.5. The Balaban J connectivity index is 1.45. The lowest BCUT2D eigenvalue weighted by Crippen LogP contribution is -2.26. The van der Waals surface area contributed by atoms with Gasteiger partial charge in [0.25, 0.3) is 0 Å². The normalized spacial score (nSPS) is 22.6. The zero-order chi connectivity index (χ0) is 22.2. The monoisotopic (exact) mass is 444 g/mol. The Morgan fingerprint density at radius 3 is 2.06 bits per heavy atom. The van der Waals surface area contributed by atoms with Crippen molar-refractivity contribution < 1.29 is 35.8 Å². The molecule has 0 radical (unpaired) electrons. The van der Waals surface area contributed by atoms with Crippen LogP contribution < -0.4 is 4.74 Å². The van der Waals surface area contributed by atoms with Gasteiger partial charge in [0.1, 0.15) is 11.6 Å². The molecule has 0 aromatic heterocycles. The Morgan fingerprint density at radius 2 is 1.48 bits per heavy atom. The molecule has 1 aliphatic carbocycles. The lowest BCUT2D eigenvalue weighted by atomic mass is 9.84. The number of halogens is 6. The number of benzene rings is 2. The van der Waals surface area contributed by atoms with E-state index in [1.807, 2.05) is 0 Å². The Kier molecular flexibility index (Phi) is 6.19. The van der Waals surface area contributed by atoms with Crippen molar-refractivity contribution in [1.29, 1.82) is 0 Å². The highest BCUT2D eigenvalue weighted by Crippen LogP contribution is 2.41. The van der Waals surface area contributed by atoms with Gasteiger partial charge in [0.05, 0.1) is 18.3 Å². The van der Waals surface area contributed by atoms with E-state index in [0.29, 0.717) is 30.4 Å². The molecule has 2 aromatic carbocycles. The van der Waals surface area contributed by atoms with Gasteiger partial charge in [0.15, 0.2) is 17.5 Å². The summed E-state index contributed by atoms with van der Waals surface area (Å²) in [7, 11) is 0. The second kappa shape index (κ2) is 8.73. The third kappa shape index (κ3) is 4.68. The third-order valence-corrected chi connectivity index (χ3v) is 6.26. The number of hydrogen-bond donors (Lipinski definition) is 0. The first-order valence-corrected chi connectivity index (χ1v) is 10.4. The first-order chi connectivity index (χ1) is 14.7. The molecular weight excluding hydrogens is 422 g/mol. The molecule has 2 fully saturated rings. The van der Waals surface area contributed by atoms with Gasteiger partial charge in [-0.05, 0) is 42.4 Å². The van der Waals surface area contributed by atoms with Crippen molar-refractivity contribution in [2.45, 2.75) is 50.7 Å². The smallest absolute Gasteiger partial charge is 0.429 e. The molecule has 2 nitrogen and oxygen atoms in total. The van der Waals surface area contributed by atoms with Crippen LogP contribution in [0.15, 0.2) is 30.3 Å². The van der Waals surface area contributed by atoms with Gasteiger partial charge in [-0.1, -0.05) is 31.7 Å². The summed E-state index contributed by atoms with van der Waals surface area (Å²) in [6.07, 6.45) is 1.92. The van der Waals surface area contributed by atoms with Crippen molar-refractivity contribution in [2.75, 3.05) is 6.61 Å². The maximum Gasteiger partial charge on any atom is 0.429 e. The number of hydrogen-bond acceptors (Lipinski definition) is 2. The average molecular weight is 444 g/mol. The average Bonchev–Trinajstić information content (AvgIpc) is 3.26. The molecule has 0 bridgehead atoms. The molecule has 2 atom stereocenters. The molecule has 1 saturated carbocycles. The topological polar surface area (TPSA) is 18.5 Å². The maximum atomic E-state index is 14.5. The van der Waals surface area contributed by atoms with Crippen LogP contribution in [0.4, 0.5) is 26.3 Å². The number of ether oxygens (including phenoxy) is 2. The van der Waals surface area contributed by atoms with Crippen molar-refractivity contribution >= 4 is 0 Å². The van der Waals surface area contributed by atoms with Crippen molar-refractivity contribution in [3.05, 3.63) is 64.7 Å². The van der Waals surface area contributed by atoms with E-state index in [9.17, 15) is 26.3 Å². The molecule has 0 spiro atoms. The van der Waals surface area contributed by atoms with Crippen LogP contribution in [-0.2, 0) is 10.8 Å². The second-order valence-corrected chi connectivity index (χ2v) is 8.26. The van der Waals surface area contributed by atoms with Gasteiger partial charge in [0, 0.05) is 12.1 Å². The Hall–Kier alpha value is -2.22.